The van der Waals surface area contributed by atoms with E-state index in [9.17, 15) is 39.5 Å². The molecule has 0 rings (SSSR count). The highest BCUT2D eigenvalue weighted by Gasteiger charge is 2.68. The molecule has 0 unspecified atom stereocenters. The van der Waals surface area contributed by atoms with E-state index in [-0.39, 0.29) is 0 Å². The van der Waals surface area contributed by atoms with Gasteiger partial charge in [0.2, 0.25) is 0 Å². The Labute approximate surface area is 76.8 Å². The van der Waals surface area contributed by atoms with Crippen LogP contribution in [0.15, 0.2) is 0 Å². The highest BCUT2D eigenvalue weighted by atomic mass is 19.4. The molecule has 0 aromatic rings. The van der Waals surface area contributed by atoms with Gasteiger partial charge in [0.15, 0.2) is 0 Å². The van der Waals surface area contributed by atoms with Crippen LogP contribution in [-0.2, 0) is 4.74 Å². The molecule has 0 radical (unpaired) electrons. The van der Waals surface area contributed by atoms with Gasteiger partial charge in [0.1, 0.15) is 0 Å². The molecule has 92 valence electrons. The maximum Gasteiger partial charge on any atom is 0.483 e. The fraction of sp³-hybridized carbons (Fsp3) is 1.00. The Morgan fingerprint density at radius 2 is 1.00 bits per heavy atom. The zero-order valence-electron chi connectivity index (χ0n) is 6.81. The van der Waals surface area contributed by atoms with E-state index in [0.717, 1.165) is 0 Å². The molecule has 0 bridgehead atoms. The minimum absolute atomic E-state index is 0.556. The molecule has 1 nitrogen and oxygen atoms in total. The summed E-state index contributed by atoms with van der Waals surface area (Å²) in [6.07, 6.45) is -18.8. The second-order valence-electron chi connectivity index (χ2n) is 2.52. The second kappa shape index (κ2) is 3.42. The smallest absolute Gasteiger partial charge is 0.243 e. The number of ether oxygens (including phenoxy) is 1. The minimum atomic E-state index is -6.50. The van der Waals surface area contributed by atoms with Crippen LogP contribution in [0.2, 0.25) is 0 Å². The van der Waals surface area contributed by atoms with E-state index >= 15 is 0 Å². The minimum Gasteiger partial charge on any atom is -0.243 e. The van der Waals surface area contributed by atoms with Crippen LogP contribution in [0, 0.1) is 0 Å². The van der Waals surface area contributed by atoms with Gasteiger partial charge < -0.3 is 0 Å². The molecule has 0 saturated carbocycles. The number of hydrogen-bond acceptors (Lipinski definition) is 1. The number of halogens is 9. The molecule has 15 heavy (non-hydrogen) atoms. The molecule has 0 fully saturated rings. The number of rotatable bonds is 3. The average Bonchev–Trinajstić information content (AvgIpc) is 1.77. The highest BCUT2D eigenvalue weighted by molar-refractivity contribution is 4.75. The van der Waals surface area contributed by atoms with Gasteiger partial charge >= 0.3 is 24.3 Å². The first kappa shape index (κ1) is 14.3. The number of hydrogen-bond donors (Lipinski definition) is 0. The topological polar surface area (TPSA) is 9.23 Å². The van der Waals surface area contributed by atoms with Crippen molar-refractivity contribution in [3.05, 3.63) is 0 Å². The molecule has 0 spiro atoms. The van der Waals surface area contributed by atoms with Crippen molar-refractivity contribution in [3.8, 4) is 0 Å². The molecule has 0 aromatic heterocycles. The van der Waals surface area contributed by atoms with Gasteiger partial charge in [0, 0.05) is 6.92 Å². The first-order valence-electron chi connectivity index (χ1n) is 3.11. The third kappa shape index (κ3) is 3.14. The average molecular weight is 250 g/mol. The molecule has 0 aliphatic rings. The van der Waals surface area contributed by atoms with Crippen LogP contribution in [0.3, 0.4) is 0 Å². The lowest BCUT2D eigenvalue weighted by molar-refractivity contribution is -0.484. The third-order valence-electron chi connectivity index (χ3n) is 1.10. The molecule has 0 amide bonds. The van der Waals surface area contributed by atoms with Gasteiger partial charge in [-0.2, -0.15) is 39.5 Å². The zero-order valence-corrected chi connectivity index (χ0v) is 6.81. The van der Waals surface area contributed by atoms with Gasteiger partial charge in [-0.3, -0.25) is 0 Å². The maximum atomic E-state index is 12.0. The van der Waals surface area contributed by atoms with E-state index < -0.39 is 31.2 Å². The molecular formula is C5H3F9O. The molecular weight excluding hydrogens is 247 g/mol. The van der Waals surface area contributed by atoms with Crippen molar-refractivity contribution in [1.82, 2.24) is 0 Å². The summed E-state index contributed by atoms with van der Waals surface area (Å²) < 4.78 is 107. The Hall–Kier alpha value is -0.670. The fourth-order valence-corrected chi connectivity index (χ4v) is 0.308. The fourth-order valence-electron chi connectivity index (χ4n) is 0.308. The van der Waals surface area contributed by atoms with Gasteiger partial charge in [0.05, 0.1) is 0 Å². The number of alkyl halides is 9. The summed E-state index contributed by atoms with van der Waals surface area (Å²) in [6, 6.07) is 0. The maximum absolute atomic E-state index is 12.0. The monoisotopic (exact) mass is 250 g/mol. The van der Waals surface area contributed by atoms with Crippen molar-refractivity contribution in [2.75, 3.05) is 0 Å². The standard InChI is InChI=1S/C5H3F9O/c1-2(6,7)4(11,12)15-5(13,14)3(8,9)10/h1H3. The Balaban J connectivity index is 4.89. The van der Waals surface area contributed by atoms with Gasteiger partial charge in [-0.1, -0.05) is 0 Å². The lowest BCUT2D eigenvalue weighted by atomic mass is 10.3. The van der Waals surface area contributed by atoms with E-state index in [1.54, 1.807) is 0 Å². The third-order valence-corrected chi connectivity index (χ3v) is 1.10. The molecule has 10 heteroatoms. The molecule has 0 saturated heterocycles. The lowest BCUT2D eigenvalue weighted by Gasteiger charge is -2.28. The quantitative estimate of drug-likeness (QED) is 0.697. The van der Waals surface area contributed by atoms with Crippen molar-refractivity contribution < 1.29 is 44.3 Å². The zero-order chi connectivity index (χ0) is 12.7. The molecule has 0 aliphatic heterocycles. The molecule has 0 atom stereocenters. The van der Waals surface area contributed by atoms with Gasteiger partial charge in [-0.05, 0) is 0 Å². The summed E-state index contributed by atoms with van der Waals surface area (Å²) in [4.78, 5) is 0. The van der Waals surface area contributed by atoms with E-state index in [0.29, 0.717) is 0 Å². The predicted octanol–water partition coefficient (Wildman–Crippen LogP) is 3.41. The van der Waals surface area contributed by atoms with Crippen LogP contribution in [0.5, 0.6) is 0 Å². The summed E-state index contributed by atoms with van der Waals surface area (Å²) in [6.45, 7) is -0.556. The van der Waals surface area contributed by atoms with Gasteiger partial charge in [-0.15, -0.1) is 0 Å². The molecule has 0 heterocycles. The summed E-state index contributed by atoms with van der Waals surface area (Å²) in [5, 5.41) is 0. The van der Waals surface area contributed by atoms with E-state index in [4.69, 9.17) is 0 Å². The van der Waals surface area contributed by atoms with Gasteiger partial charge in [0.25, 0.3) is 0 Å². The second-order valence-corrected chi connectivity index (χ2v) is 2.52. The van der Waals surface area contributed by atoms with Crippen LogP contribution in [-0.4, -0.2) is 24.3 Å². The first-order valence-corrected chi connectivity index (χ1v) is 3.11. The van der Waals surface area contributed by atoms with Crippen molar-refractivity contribution in [3.63, 3.8) is 0 Å². The van der Waals surface area contributed by atoms with E-state index in [2.05, 4.69) is 0 Å². The Bertz CT molecular complexity index is 200. The molecule has 0 N–H and O–H groups in total. The Kier molecular flexibility index (Phi) is 3.27. The normalized spacial score (nSPS) is 15.6. The van der Waals surface area contributed by atoms with E-state index in [1.807, 2.05) is 4.74 Å². The molecule has 0 aromatic carbocycles. The van der Waals surface area contributed by atoms with Crippen molar-refractivity contribution in [1.29, 1.82) is 0 Å². The Morgan fingerprint density at radius 3 is 1.20 bits per heavy atom. The largest absolute Gasteiger partial charge is 0.483 e. The summed E-state index contributed by atoms with van der Waals surface area (Å²) in [7, 11) is 0. The highest BCUT2D eigenvalue weighted by Crippen LogP contribution is 2.44. The van der Waals surface area contributed by atoms with Crippen LogP contribution >= 0.6 is 0 Å². The lowest BCUT2D eigenvalue weighted by Crippen LogP contribution is -2.50. The van der Waals surface area contributed by atoms with Crippen molar-refractivity contribution in [2.45, 2.75) is 31.2 Å². The Morgan fingerprint density at radius 1 is 0.667 bits per heavy atom. The van der Waals surface area contributed by atoms with E-state index in [1.165, 1.54) is 0 Å². The van der Waals surface area contributed by atoms with Crippen LogP contribution in [0.4, 0.5) is 39.5 Å². The van der Waals surface area contributed by atoms with Crippen LogP contribution in [0.25, 0.3) is 0 Å². The SMILES string of the molecule is CC(F)(F)C(F)(F)OC(F)(F)C(F)(F)F. The van der Waals surface area contributed by atoms with Crippen molar-refractivity contribution >= 4 is 0 Å². The van der Waals surface area contributed by atoms with Crippen LogP contribution in [0.1, 0.15) is 6.92 Å². The first-order chi connectivity index (χ1) is 6.21. The van der Waals surface area contributed by atoms with Gasteiger partial charge in [-0.25, -0.2) is 4.74 Å². The summed E-state index contributed by atoms with van der Waals surface area (Å²) in [5.41, 5.74) is 0. The summed E-state index contributed by atoms with van der Waals surface area (Å²) >= 11 is 0. The summed E-state index contributed by atoms with van der Waals surface area (Å²) in [5.74, 6) is -5.16. The predicted molar refractivity (Wildman–Crippen MR) is 27.7 cm³/mol. The van der Waals surface area contributed by atoms with Crippen LogP contribution < -0.4 is 0 Å². The molecule has 0 aliphatic carbocycles. The van der Waals surface area contributed by atoms with Crippen molar-refractivity contribution in [2.24, 2.45) is 0 Å².